The van der Waals surface area contributed by atoms with Crippen LogP contribution in [0.25, 0.3) is 11.3 Å². The van der Waals surface area contributed by atoms with Crippen LogP contribution in [0.4, 0.5) is 4.79 Å². The number of thiazole rings is 1. The molecule has 0 saturated carbocycles. The highest BCUT2D eigenvalue weighted by atomic mass is 35.5. The number of carbonyl (C=O) groups is 1. The highest BCUT2D eigenvalue weighted by molar-refractivity contribution is 7.10. The maximum atomic E-state index is 12.1. The zero-order valence-corrected chi connectivity index (χ0v) is 17.4. The van der Waals surface area contributed by atoms with Crippen molar-refractivity contribution < 1.29 is 4.79 Å². The van der Waals surface area contributed by atoms with Crippen LogP contribution in [0.5, 0.6) is 0 Å². The van der Waals surface area contributed by atoms with Crippen LogP contribution >= 0.6 is 34.5 Å². The summed E-state index contributed by atoms with van der Waals surface area (Å²) >= 11 is 13.7. The Morgan fingerprint density at radius 3 is 2.59 bits per heavy atom. The van der Waals surface area contributed by atoms with Gasteiger partial charge in [-0.2, -0.15) is 5.26 Å². The predicted octanol–water partition coefficient (Wildman–Crippen LogP) is 5.39. The summed E-state index contributed by atoms with van der Waals surface area (Å²) in [5.41, 5.74) is 3.58. The van der Waals surface area contributed by atoms with Crippen LogP contribution in [0.15, 0.2) is 46.8 Å². The van der Waals surface area contributed by atoms with Gasteiger partial charge in [-0.15, -0.1) is 11.3 Å². The lowest BCUT2D eigenvalue weighted by atomic mass is 9.89. The van der Waals surface area contributed by atoms with Crippen LogP contribution in [0, 0.1) is 11.3 Å². The second kappa shape index (κ2) is 7.91. The van der Waals surface area contributed by atoms with Crippen molar-refractivity contribution in [2.75, 3.05) is 0 Å². The molecule has 1 aliphatic heterocycles. The summed E-state index contributed by atoms with van der Waals surface area (Å²) < 4.78 is 0. The number of hydrogen-bond acceptors (Lipinski definition) is 5. The lowest BCUT2D eigenvalue weighted by Crippen LogP contribution is -2.38. The number of nitriles is 1. The van der Waals surface area contributed by atoms with Gasteiger partial charge in [-0.3, -0.25) is 0 Å². The number of nitrogens with zero attached hydrogens (tertiary/aromatic N) is 4. The van der Waals surface area contributed by atoms with Crippen LogP contribution in [0.3, 0.4) is 0 Å². The minimum atomic E-state index is -0.461. The van der Waals surface area contributed by atoms with Gasteiger partial charge in [0.05, 0.1) is 29.3 Å². The summed E-state index contributed by atoms with van der Waals surface area (Å²) in [5.74, 6) is -0.287. The lowest BCUT2D eigenvalue weighted by Gasteiger charge is -2.30. The second-order valence-corrected chi connectivity index (χ2v) is 8.07. The Labute approximate surface area is 180 Å². The van der Waals surface area contributed by atoms with Gasteiger partial charge >= 0.3 is 6.03 Å². The van der Waals surface area contributed by atoms with Crippen LogP contribution in [0.1, 0.15) is 35.0 Å². The van der Waals surface area contributed by atoms with Gasteiger partial charge in [-0.05, 0) is 25.1 Å². The third-order valence-electron chi connectivity index (χ3n) is 4.62. The molecule has 1 aromatic carbocycles. The van der Waals surface area contributed by atoms with Gasteiger partial charge in [0.25, 0.3) is 0 Å². The number of rotatable bonds is 3. The Balaban J connectivity index is 1.74. The van der Waals surface area contributed by atoms with Gasteiger partial charge in [0.1, 0.15) is 15.3 Å². The van der Waals surface area contributed by atoms with Crippen LogP contribution in [0.2, 0.25) is 10.3 Å². The average Bonchev–Trinajstić information content (AvgIpc) is 3.17. The molecule has 4 rings (SSSR count). The smallest absolute Gasteiger partial charge is 0.328 e. The molecule has 0 saturated heterocycles. The molecule has 2 amide bonds. The average molecular weight is 442 g/mol. The third kappa shape index (κ3) is 3.87. The zero-order valence-electron chi connectivity index (χ0n) is 15.1. The standard InChI is InChI=1S/C20H13Cl2N5OS/c1-10-16(17(27-20(28)24-10)13-6-7-15(21)26-18(13)22)19-25-14(9-29-19)12-4-2-11(8-23)3-5-12/h2-7,9,16-17H,1H3,(H,27,28). The molecule has 1 aliphatic rings. The van der Waals surface area contributed by atoms with E-state index in [1.165, 1.54) is 11.3 Å². The van der Waals surface area contributed by atoms with E-state index in [4.69, 9.17) is 33.4 Å². The number of aliphatic imine (C=N–C) groups is 1. The highest BCUT2D eigenvalue weighted by Gasteiger charge is 2.36. The summed E-state index contributed by atoms with van der Waals surface area (Å²) in [7, 11) is 0. The zero-order chi connectivity index (χ0) is 20.5. The van der Waals surface area contributed by atoms with Crippen molar-refractivity contribution >= 4 is 46.3 Å². The van der Waals surface area contributed by atoms with Crippen molar-refractivity contribution in [3.8, 4) is 17.3 Å². The molecule has 0 bridgehead atoms. The molecule has 144 valence electrons. The van der Waals surface area contributed by atoms with Crippen LogP contribution in [-0.4, -0.2) is 21.7 Å². The number of urea groups is 1. The summed E-state index contributed by atoms with van der Waals surface area (Å²) in [6, 6.07) is 11.8. The Hall–Kier alpha value is -2.79. The topological polar surface area (TPSA) is 91.0 Å². The monoisotopic (exact) mass is 441 g/mol. The van der Waals surface area contributed by atoms with E-state index in [1.54, 1.807) is 31.2 Å². The van der Waals surface area contributed by atoms with Crippen molar-refractivity contribution in [2.45, 2.75) is 18.9 Å². The van der Waals surface area contributed by atoms with Crippen LogP contribution in [-0.2, 0) is 0 Å². The highest BCUT2D eigenvalue weighted by Crippen LogP contribution is 2.39. The van der Waals surface area contributed by atoms with E-state index in [0.717, 1.165) is 16.3 Å². The lowest BCUT2D eigenvalue weighted by molar-refractivity contribution is 0.243. The van der Waals surface area contributed by atoms with E-state index >= 15 is 0 Å². The predicted molar refractivity (Wildman–Crippen MR) is 114 cm³/mol. The molecule has 2 unspecified atom stereocenters. The molecular formula is C20H13Cl2N5OS. The maximum absolute atomic E-state index is 12.1. The third-order valence-corrected chi connectivity index (χ3v) is 6.06. The van der Waals surface area contributed by atoms with E-state index in [1.807, 2.05) is 17.5 Å². The molecule has 1 N–H and O–H groups in total. The molecule has 3 heterocycles. The number of nitrogens with one attached hydrogen (secondary N) is 1. The van der Waals surface area contributed by atoms with Gasteiger partial charge in [0.15, 0.2) is 0 Å². The number of aromatic nitrogens is 2. The summed E-state index contributed by atoms with van der Waals surface area (Å²) in [6.45, 7) is 1.80. The Morgan fingerprint density at radius 1 is 1.14 bits per heavy atom. The van der Waals surface area contributed by atoms with E-state index in [2.05, 4.69) is 21.4 Å². The molecular weight excluding hydrogens is 429 g/mol. The minimum Gasteiger partial charge on any atom is -0.328 e. The minimum absolute atomic E-state index is 0.228. The molecule has 6 nitrogen and oxygen atoms in total. The largest absolute Gasteiger partial charge is 0.341 e. The van der Waals surface area contributed by atoms with Crippen molar-refractivity contribution in [3.05, 3.63) is 68.2 Å². The fourth-order valence-electron chi connectivity index (χ4n) is 3.23. The Bertz CT molecular complexity index is 1170. The first-order valence-electron chi connectivity index (χ1n) is 8.60. The maximum Gasteiger partial charge on any atom is 0.341 e. The van der Waals surface area contributed by atoms with Crippen LogP contribution < -0.4 is 5.32 Å². The fraction of sp³-hybridized carbons (Fsp3) is 0.150. The molecule has 3 aromatic rings. The normalized spacial score (nSPS) is 18.7. The number of pyridine rings is 1. The number of halogens is 2. The van der Waals surface area contributed by atoms with Gasteiger partial charge < -0.3 is 5.32 Å². The summed E-state index contributed by atoms with van der Waals surface area (Å²) in [5, 5.41) is 15.1. The Kier molecular flexibility index (Phi) is 5.33. The fourth-order valence-corrected chi connectivity index (χ4v) is 4.72. The van der Waals surface area contributed by atoms with Crippen molar-refractivity contribution in [2.24, 2.45) is 4.99 Å². The first kappa shape index (κ1) is 19.5. The number of amides is 2. The number of hydrogen-bond donors (Lipinski definition) is 1. The van der Waals surface area contributed by atoms with E-state index in [9.17, 15) is 4.79 Å². The van der Waals surface area contributed by atoms with Gasteiger partial charge in [0, 0.05) is 22.2 Å². The van der Waals surface area contributed by atoms with Crippen molar-refractivity contribution in [1.82, 2.24) is 15.3 Å². The van der Waals surface area contributed by atoms with Gasteiger partial charge in [0.2, 0.25) is 0 Å². The molecule has 0 radical (unpaired) electrons. The van der Waals surface area contributed by atoms with Crippen molar-refractivity contribution in [3.63, 3.8) is 0 Å². The van der Waals surface area contributed by atoms with Crippen molar-refractivity contribution in [1.29, 1.82) is 5.26 Å². The number of carbonyl (C=O) groups excluding carboxylic acids is 1. The quantitative estimate of drug-likeness (QED) is 0.551. The molecule has 2 atom stereocenters. The molecule has 0 spiro atoms. The first-order valence-corrected chi connectivity index (χ1v) is 10.2. The van der Waals surface area contributed by atoms with E-state index in [0.29, 0.717) is 16.8 Å². The van der Waals surface area contributed by atoms with E-state index < -0.39 is 12.1 Å². The molecule has 2 aromatic heterocycles. The van der Waals surface area contributed by atoms with E-state index in [-0.39, 0.29) is 16.2 Å². The molecule has 9 heteroatoms. The Morgan fingerprint density at radius 2 is 1.90 bits per heavy atom. The SMILES string of the molecule is CC1=NC(=O)NC(c2ccc(Cl)nc2Cl)C1c1nc(-c2ccc(C#N)cc2)cs1. The molecule has 29 heavy (non-hydrogen) atoms. The molecule has 0 fully saturated rings. The summed E-state index contributed by atoms with van der Waals surface area (Å²) in [4.78, 5) is 25.0. The van der Waals surface area contributed by atoms with Gasteiger partial charge in [-0.1, -0.05) is 41.4 Å². The first-order chi connectivity index (χ1) is 14.0. The summed E-state index contributed by atoms with van der Waals surface area (Å²) in [6.07, 6.45) is 0. The van der Waals surface area contributed by atoms with Gasteiger partial charge in [-0.25, -0.2) is 19.8 Å². The number of benzene rings is 1. The molecule has 0 aliphatic carbocycles. The second-order valence-electron chi connectivity index (χ2n) is 6.43.